The van der Waals surface area contributed by atoms with Crippen LogP contribution in [0.1, 0.15) is 17.3 Å². The smallest absolute Gasteiger partial charge is 0.271 e. The van der Waals surface area contributed by atoms with Crippen LogP contribution in [0.2, 0.25) is 0 Å². The zero-order chi connectivity index (χ0) is 19.4. The van der Waals surface area contributed by atoms with E-state index in [-0.39, 0.29) is 17.2 Å². The number of nitrogens with zero attached hydrogens (tertiary/aromatic N) is 4. The third-order valence-electron chi connectivity index (χ3n) is 3.91. The third-order valence-corrected chi connectivity index (χ3v) is 3.91. The number of amides is 2. The number of carbonyl (C=O) groups is 2. The number of nitro benzene ring substituents is 1. The monoisotopic (exact) mass is 365 g/mol. The van der Waals surface area contributed by atoms with Crippen molar-refractivity contribution in [2.45, 2.75) is 6.92 Å². The van der Waals surface area contributed by atoms with Gasteiger partial charge in [-0.1, -0.05) is 18.2 Å². The Labute approximate surface area is 154 Å². The first-order chi connectivity index (χ1) is 13.0. The Morgan fingerprint density at radius 2 is 1.89 bits per heavy atom. The first-order valence-electron chi connectivity index (χ1n) is 7.99. The third kappa shape index (κ3) is 3.87. The molecule has 0 fully saturated rings. The Hall–Kier alpha value is -3.88. The summed E-state index contributed by atoms with van der Waals surface area (Å²) >= 11 is 0. The Morgan fingerprint density at radius 1 is 1.22 bits per heavy atom. The van der Waals surface area contributed by atoms with Gasteiger partial charge in [0.25, 0.3) is 17.5 Å². The summed E-state index contributed by atoms with van der Waals surface area (Å²) in [6.45, 7) is 1.70. The fraction of sp³-hybridized carbons (Fsp3) is 0.111. The number of non-ortho nitro benzene ring substituents is 1. The molecule has 0 bridgehead atoms. The molecule has 2 aromatic carbocycles. The highest BCUT2D eigenvalue weighted by Gasteiger charge is 2.33. The molecule has 1 heterocycles. The lowest BCUT2D eigenvalue weighted by atomic mass is 10.1. The van der Waals surface area contributed by atoms with E-state index >= 15 is 0 Å². The SMILES string of the molecule is CC1=NN(c2ccccc2)C(=O)[C@H]1/C=N\NC(=O)c1ccc([N+](=O)[O-])cc1. The first-order valence-corrected chi connectivity index (χ1v) is 7.99. The summed E-state index contributed by atoms with van der Waals surface area (Å²) in [5.74, 6) is -1.49. The van der Waals surface area contributed by atoms with Gasteiger partial charge in [-0.3, -0.25) is 19.7 Å². The lowest BCUT2D eigenvalue weighted by Gasteiger charge is -2.12. The summed E-state index contributed by atoms with van der Waals surface area (Å²) < 4.78 is 0. The van der Waals surface area contributed by atoms with E-state index in [1.807, 2.05) is 6.07 Å². The predicted molar refractivity (Wildman–Crippen MR) is 99.6 cm³/mol. The molecule has 0 saturated carbocycles. The number of carbonyl (C=O) groups excluding carboxylic acids is 2. The van der Waals surface area contributed by atoms with Gasteiger partial charge in [0.15, 0.2) is 0 Å². The molecule has 27 heavy (non-hydrogen) atoms. The number of para-hydroxylation sites is 1. The number of hydrogen-bond acceptors (Lipinski definition) is 6. The molecule has 0 spiro atoms. The largest absolute Gasteiger partial charge is 0.271 e. The second kappa shape index (κ2) is 7.56. The van der Waals surface area contributed by atoms with Gasteiger partial charge in [-0.05, 0) is 31.2 Å². The summed E-state index contributed by atoms with van der Waals surface area (Å²) in [5.41, 5.74) is 3.61. The molecule has 1 atom stereocenters. The Bertz CT molecular complexity index is 938. The van der Waals surface area contributed by atoms with Crippen LogP contribution in [-0.2, 0) is 4.79 Å². The van der Waals surface area contributed by atoms with Crippen LogP contribution in [0.25, 0.3) is 0 Å². The molecule has 2 aromatic rings. The zero-order valence-electron chi connectivity index (χ0n) is 14.3. The number of anilines is 1. The fourth-order valence-electron chi connectivity index (χ4n) is 2.47. The average Bonchev–Trinajstić information content (AvgIpc) is 2.97. The number of rotatable bonds is 5. The van der Waals surface area contributed by atoms with Crippen LogP contribution in [0.5, 0.6) is 0 Å². The minimum Gasteiger partial charge on any atom is -0.271 e. The van der Waals surface area contributed by atoms with Gasteiger partial charge in [-0.15, -0.1) is 0 Å². The van der Waals surface area contributed by atoms with Crippen molar-refractivity contribution in [3.8, 4) is 0 Å². The van der Waals surface area contributed by atoms with Gasteiger partial charge in [-0.25, -0.2) is 5.43 Å². The highest BCUT2D eigenvalue weighted by Crippen LogP contribution is 2.22. The van der Waals surface area contributed by atoms with Crippen molar-refractivity contribution < 1.29 is 14.5 Å². The Kier molecular flexibility index (Phi) is 5.02. The molecule has 3 rings (SSSR count). The molecular weight excluding hydrogens is 350 g/mol. The van der Waals surface area contributed by atoms with Gasteiger partial charge in [0, 0.05) is 23.9 Å². The molecule has 0 unspecified atom stereocenters. The quantitative estimate of drug-likeness (QED) is 0.497. The molecule has 1 aliphatic rings. The summed E-state index contributed by atoms with van der Waals surface area (Å²) in [7, 11) is 0. The standard InChI is InChI=1S/C18H15N5O4/c1-12-16(18(25)22(21-12)14-5-3-2-4-6-14)11-19-20-17(24)13-7-9-15(10-8-13)23(26)27/h2-11,16H,1H3,(H,20,24)/b19-11-/t16-/m0/s1. The lowest BCUT2D eigenvalue weighted by molar-refractivity contribution is -0.384. The normalized spacial score (nSPS) is 16.5. The molecule has 9 heteroatoms. The highest BCUT2D eigenvalue weighted by molar-refractivity contribution is 6.23. The summed E-state index contributed by atoms with van der Waals surface area (Å²) in [6.07, 6.45) is 1.31. The first kappa shape index (κ1) is 17.9. The van der Waals surface area contributed by atoms with Gasteiger partial charge in [-0.2, -0.15) is 15.2 Å². The molecular formula is C18H15N5O4. The molecule has 1 N–H and O–H groups in total. The minimum absolute atomic E-state index is 0.112. The van der Waals surface area contributed by atoms with Crippen molar-refractivity contribution >= 4 is 35.1 Å². The average molecular weight is 365 g/mol. The van der Waals surface area contributed by atoms with Gasteiger partial charge in [0.1, 0.15) is 5.92 Å². The number of nitro groups is 1. The summed E-state index contributed by atoms with van der Waals surface area (Å²) in [4.78, 5) is 34.6. The maximum atomic E-state index is 12.5. The minimum atomic E-state index is -0.678. The van der Waals surface area contributed by atoms with Gasteiger partial charge in [0.2, 0.25) is 0 Å². The van der Waals surface area contributed by atoms with Crippen LogP contribution >= 0.6 is 0 Å². The van der Waals surface area contributed by atoms with E-state index in [0.29, 0.717) is 11.4 Å². The maximum Gasteiger partial charge on any atom is 0.271 e. The van der Waals surface area contributed by atoms with E-state index in [1.165, 1.54) is 35.5 Å². The molecule has 2 amide bonds. The van der Waals surface area contributed by atoms with E-state index in [2.05, 4.69) is 15.6 Å². The van der Waals surface area contributed by atoms with E-state index in [1.54, 1.807) is 31.2 Å². The van der Waals surface area contributed by atoms with E-state index in [9.17, 15) is 19.7 Å². The number of benzene rings is 2. The second-order valence-electron chi connectivity index (χ2n) is 5.73. The van der Waals surface area contributed by atoms with Crippen LogP contribution in [-0.4, -0.2) is 28.7 Å². The number of hydrogen-bond donors (Lipinski definition) is 1. The van der Waals surface area contributed by atoms with Crippen LogP contribution < -0.4 is 10.4 Å². The summed E-state index contributed by atoms with van der Waals surface area (Å²) in [5, 5.41) is 20.0. The zero-order valence-corrected chi connectivity index (χ0v) is 14.3. The van der Waals surface area contributed by atoms with E-state index in [4.69, 9.17) is 0 Å². The Balaban J connectivity index is 1.64. The van der Waals surface area contributed by atoms with Crippen molar-refractivity contribution in [1.29, 1.82) is 0 Å². The molecule has 0 saturated heterocycles. The van der Waals surface area contributed by atoms with Gasteiger partial charge < -0.3 is 0 Å². The lowest BCUT2D eigenvalue weighted by Crippen LogP contribution is -2.29. The highest BCUT2D eigenvalue weighted by atomic mass is 16.6. The van der Waals surface area contributed by atoms with Gasteiger partial charge >= 0.3 is 0 Å². The molecule has 9 nitrogen and oxygen atoms in total. The van der Waals surface area contributed by atoms with Gasteiger partial charge in [0.05, 0.1) is 16.3 Å². The Morgan fingerprint density at radius 3 is 2.52 bits per heavy atom. The van der Waals surface area contributed by atoms with Crippen molar-refractivity contribution in [2.75, 3.05) is 5.01 Å². The molecule has 136 valence electrons. The van der Waals surface area contributed by atoms with E-state index in [0.717, 1.165) is 0 Å². The maximum absolute atomic E-state index is 12.5. The van der Waals surface area contributed by atoms with Crippen LogP contribution in [0.15, 0.2) is 64.8 Å². The van der Waals surface area contributed by atoms with Crippen molar-refractivity contribution in [1.82, 2.24) is 5.43 Å². The topological polar surface area (TPSA) is 117 Å². The summed E-state index contributed by atoms with van der Waals surface area (Å²) in [6, 6.07) is 14.1. The molecule has 0 radical (unpaired) electrons. The fourth-order valence-corrected chi connectivity index (χ4v) is 2.47. The molecule has 1 aliphatic heterocycles. The van der Waals surface area contributed by atoms with Crippen molar-refractivity contribution in [3.63, 3.8) is 0 Å². The van der Waals surface area contributed by atoms with Crippen molar-refractivity contribution in [2.24, 2.45) is 16.1 Å². The second-order valence-corrected chi connectivity index (χ2v) is 5.73. The number of nitrogens with one attached hydrogen (secondary N) is 1. The van der Waals surface area contributed by atoms with E-state index < -0.39 is 16.7 Å². The van der Waals surface area contributed by atoms with Crippen LogP contribution in [0.4, 0.5) is 11.4 Å². The van der Waals surface area contributed by atoms with Crippen LogP contribution in [0.3, 0.4) is 0 Å². The van der Waals surface area contributed by atoms with Crippen LogP contribution in [0, 0.1) is 16.0 Å². The predicted octanol–water partition coefficient (Wildman–Crippen LogP) is 2.35. The number of hydrazone groups is 2. The van der Waals surface area contributed by atoms with Crippen molar-refractivity contribution in [3.05, 3.63) is 70.3 Å². The molecule has 0 aromatic heterocycles. The molecule has 0 aliphatic carbocycles.